The van der Waals surface area contributed by atoms with Gasteiger partial charge in [0.15, 0.2) is 0 Å². The fourth-order valence-electron chi connectivity index (χ4n) is 4.99. The monoisotopic (exact) mass is 553 g/mol. The van der Waals surface area contributed by atoms with Crippen LogP contribution in [0.3, 0.4) is 0 Å². The van der Waals surface area contributed by atoms with E-state index in [4.69, 9.17) is 5.73 Å². The van der Waals surface area contributed by atoms with E-state index in [2.05, 4.69) is 42.2 Å². The molecule has 1 unspecified atom stereocenters. The first-order valence-corrected chi connectivity index (χ1v) is 13.5. The molecule has 10 nitrogen and oxygen atoms in total. The molecule has 5 heterocycles. The van der Waals surface area contributed by atoms with E-state index in [1.807, 2.05) is 37.7 Å². The van der Waals surface area contributed by atoms with Gasteiger partial charge in [-0.15, -0.1) is 0 Å². The molecule has 5 aromatic rings. The Morgan fingerprint density at radius 1 is 0.951 bits per heavy atom. The predicted octanol–water partition coefficient (Wildman–Crippen LogP) is 3.77. The summed E-state index contributed by atoms with van der Waals surface area (Å²) >= 11 is 0. The molecule has 0 spiro atoms. The molecule has 3 N–H and O–H groups in total. The number of hydrogen-bond donors (Lipinski definition) is 2. The first kappa shape index (κ1) is 26.7. The number of fused-ring (bicyclic) bond motifs is 1. The molecule has 0 aliphatic carbocycles. The normalized spacial score (nSPS) is 15.7. The van der Waals surface area contributed by atoms with Gasteiger partial charge in [-0.2, -0.15) is 10.2 Å². The van der Waals surface area contributed by atoms with Gasteiger partial charge in [-0.25, -0.2) is 23.9 Å². The van der Waals surface area contributed by atoms with Crippen LogP contribution in [0.5, 0.6) is 0 Å². The lowest BCUT2D eigenvalue weighted by atomic mass is 9.87. The molecule has 41 heavy (non-hydrogen) atoms. The van der Waals surface area contributed by atoms with Gasteiger partial charge in [0.25, 0.3) is 0 Å². The zero-order valence-corrected chi connectivity index (χ0v) is 23.2. The third-order valence-corrected chi connectivity index (χ3v) is 7.81. The van der Waals surface area contributed by atoms with Crippen LogP contribution in [0.4, 0.5) is 10.3 Å². The molecule has 0 saturated heterocycles. The summed E-state index contributed by atoms with van der Waals surface area (Å²) in [7, 11) is 0. The zero-order chi connectivity index (χ0) is 28.8. The van der Waals surface area contributed by atoms with Crippen LogP contribution in [-0.4, -0.2) is 59.1 Å². The summed E-state index contributed by atoms with van der Waals surface area (Å²) in [4.78, 5) is 15.9. The largest absolute Gasteiger partial charge is 0.394 e. The molecule has 0 radical (unpaired) electrons. The Morgan fingerprint density at radius 3 is 2.39 bits per heavy atom. The highest BCUT2D eigenvalue weighted by Gasteiger charge is 2.26. The van der Waals surface area contributed by atoms with Gasteiger partial charge in [-0.05, 0) is 56.5 Å². The van der Waals surface area contributed by atoms with Crippen molar-refractivity contribution in [1.29, 1.82) is 0 Å². The minimum Gasteiger partial charge on any atom is -0.394 e. The van der Waals surface area contributed by atoms with Gasteiger partial charge in [-0.3, -0.25) is 4.68 Å². The van der Waals surface area contributed by atoms with Crippen molar-refractivity contribution < 1.29 is 9.50 Å². The highest BCUT2D eigenvalue weighted by molar-refractivity contribution is 5.80. The summed E-state index contributed by atoms with van der Waals surface area (Å²) in [6.07, 6.45) is 13.7. The molecule has 11 heteroatoms. The van der Waals surface area contributed by atoms with E-state index in [0.29, 0.717) is 12.5 Å². The number of aromatic nitrogens is 7. The molecule has 210 valence electrons. The Balaban J connectivity index is 1.20. The second-order valence-corrected chi connectivity index (χ2v) is 11.2. The number of nitrogens with two attached hydrogens (primary N) is 1. The van der Waals surface area contributed by atoms with Crippen molar-refractivity contribution in [2.45, 2.75) is 38.3 Å². The average molecular weight is 554 g/mol. The standard InChI is InChI=1S/C30H32FN9O/c1-29(2,18-41)40-17-22(13-36-40)21-12-26-27(35-19-37-39(26)16-21)20-8-10-38(11-9-20)28-33-14-24(15-34-28)30(3,32)23-4-6-25(31)7-5-23/h4-8,12-17,19,41H,9-11,18,32H2,1-3H3. The fourth-order valence-corrected chi connectivity index (χ4v) is 4.99. The topological polar surface area (TPSA) is 123 Å². The average Bonchev–Trinajstić information content (AvgIpc) is 3.66. The summed E-state index contributed by atoms with van der Waals surface area (Å²) in [5, 5.41) is 18.6. The van der Waals surface area contributed by atoms with E-state index < -0.39 is 11.1 Å². The second-order valence-electron chi connectivity index (χ2n) is 11.2. The maximum absolute atomic E-state index is 13.4. The number of nitrogens with zero attached hydrogens (tertiary/aromatic N) is 8. The quantitative estimate of drug-likeness (QED) is 0.312. The van der Waals surface area contributed by atoms with Crippen molar-refractivity contribution in [2.24, 2.45) is 5.73 Å². The van der Waals surface area contributed by atoms with E-state index in [-0.39, 0.29) is 12.4 Å². The summed E-state index contributed by atoms with van der Waals surface area (Å²) in [5.74, 6) is 0.323. The van der Waals surface area contributed by atoms with E-state index in [1.54, 1.807) is 41.7 Å². The van der Waals surface area contributed by atoms with Gasteiger partial charge < -0.3 is 15.7 Å². The van der Waals surface area contributed by atoms with Crippen molar-refractivity contribution in [3.05, 3.63) is 96.4 Å². The van der Waals surface area contributed by atoms with Crippen LogP contribution in [0.15, 0.2) is 73.7 Å². The molecular weight excluding hydrogens is 521 g/mol. The van der Waals surface area contributed by atoms with Crippen LogP contribution in [0.2, 0.25) is 0 Å². The van der Waals surface area contributed by atoms with E-state index >= 15 is 0 Å². The van der Waals surface area contributed by atoms with Gasteiger partial charge in [0.1, 0.15) is 12.1 Å². The highest BCUT2D eigenvalue weighted by Crippen LogP contribution is 2.31. The third-order valence-electron chi connectivity index (χ3n) is 7.81. The van der Waals surface area contributed by atoms with E-state index in [9.17, 15) is 9.50 Å². The minimum absolute atomic E-state index is 0.00969. The molecule has 6 rings (SSSR count). The minimum atomic E-state index is -0.844. The molecular formula is C30H32FN9O. The Bertz CT molecular complexity index is 1720. The van der Waals surface area contributed by atoms with Crippen LogP contribution < -0.4 is 10.6 Å². The Labute approximate surface area is 237 Å². The van der Waals surface area contributed by atoms with Gasteiger partial charge in [0, 0.05) is 54.6 Å². The van der Waals surface area contributed by atoms with Gasteiger partial charge in [0.2, 0.25) is 5.95 Å². The van der Waals surface area contributed by atoms with Crippen molar-refractivity contribution in [3.63, 3.8) is 0 Å². The van der Waals surface area contributed by atoms with Crippen LogP contribution in [0.25, 0.3) is 22.2 Å². The van der Waals surface area contributed by atoms with Crippen molar-refractivity contribution in [2.75, 3.05) is 24.6 Å². The zero-order valence-electron chi connectivity index (χ0n) is 23.2. The van der Waals surface area contributed by atoms with Crippen LogP contribution in [0, 0.1) is 5.82 Å². The summed E-state index contributed by atoms with van der Waals surface area (Å²) in [5.41, 5.74) is 11.6. The number of halogens is 1. The number of hydrogen-bond acceptors (Lipinski definition) is 8. The SMILES string of the molecule is CC(N)(c1ccc(F)cc1)c1cnc(N2CC=C(c3ncnn4cc(-c5cnn(C(C)(C)CO)c5)cc34)CC2)nc1. The Hall–Kier alpha value is -4.48. The number of aliphatic hydroxyl groups excluding tert-OH is 1. The molecule has 1 aliphatic rings. The first-order valence-electron chi connectivity index (χ1n) is 13.5. The third kappa shape index (κ3) is 4.98. The van der Waals surface area contributed by atoms with E-state index in [1.165, 1.54) is 12.1 Å². The number of anilines is 1. The summed E-state index contributed by atoms with van der Waals surface area (Å²) < 4.78 is 17.0. The molecule has 1 aromatic carbocycles. The smallest absolute Gasteiger partial charge is 0.225 e. The molecule has 4 aromatic heterocycles. The van der Waals surface area contributed by atoms with Crippen molar-refractivity contribution >= 4 is 17.0 Å². The molecule has 1 atom stereocenters. The first-order chi connectivity index (χ1) is 19.7. The van der Waals surface area contributed by atoms with Crippen LogP contribution >= 0.6 is 0 Å². The fraction of sp³-hybridized carbons (Fsp3) is 0.300. The maximum Gasteiger partial charge on any atom is 0.225 e. The Morgan fingerprint density at radius 2 is 1.71 bits per heavy atom. The molecule has 0 fully saturated rings. The van der Waals surface area contributed by atoms with Crippen molar-refractivity contribution in [1.82, 2.24) is 34.3 Å². The molecule has 0 amide bonds. The van der Waals surface area contributed by atoms with Crippen molar-refractivity contribution in [3.8, 4) is 11.1 Å². The molecule has 0 saturated carbocycles. The molecule has 0 bridgehead atoms. The molecule has 1 aliphatic heterocycles. The summed E-state index contributed by atoms with van der Waals surface area (Å²) in [6.45, 7) is 7.10. The van der Waals surface area contributed by atoms with Gasteiger partial charge in [-0.1, -0.05) is 18.2 Å². The maximum atomic E-state index is 13.4. The van der Waals surface area contributed by atoms with Gasteiger partial charge >= 0.3 is 0 Å². The Kier molecular flexibility index (Phi) is 6.63. The van der Waals surface area contributed by atoms with Gasteiger partial charge in [0.05, 0.1) is 35.1 Å². The predicted molar refractivity (Wildman–Crippen MR) is 154 cm³/mol. The number of aliphatic hydroxyl groups is 1. The van der Waals surface area contributed by atoms with E-state index in [0.717, 1.165) is 52.0 Å². The lowest BCUT2D eigenvalue weighted by Crippen LogP contribution is -2.35. The lowest BCUT2D eigenvalue weighted by Gasteiger charge is -2.28. The second kappa shape index (κ2) is 10.2. The summed E-state index contributed by atoms with van der Waals surface area (Å²) in [6, 6.07) is 8.25. The van der Waals surface area contributed by atoms with Crippen LogP contribution in [0.1, 0.15) is 44.0 Å². The van der Waals surface area contributed by atoms with Crippen LogP contribution in [-0.2, 0) is 11.1 Å². The number of benzene rings is 1. The highest BCUT2D eigenvalue weighted by atomic mass is 19.1. The number of rotatable bonds is 7. The lowest BCUT2D eigenvalue weighted by molar-refractivity contribution is 0.152.